The van der Waals surface area contributed by atoms with Crippen molar-refractivity contribution in [1.29, 1.82) is 0 Å². The molecule has 0 aliphatic carbocycles. The number of hydrogen-bond donors (Lipinski definition) is 0. The van der Waals surface area contributed by atoms with Crippen LogP contribution in [0.2, 0.25) is 0 Å². The third-order valence-electron chi connectivity index (χ3n) is 6.60. The summed E-state index contributed by atoms with van der Waals surface area (Å²) in [5.41, 5.74) is 5.17. The Morgan fingerprint density at radius 1 is 1.05 bits per heavy atom. The molecule has 2 heterocycles. The van der Waals surface area contributed by atoms with E-state index >= 15 is 0 Å². The van der Waals surface area contributed by atoms with Crippen LogP contribution in [0, 0.1) is 0 Å². The molecule has 43 heavy (non-hydrogen) atoms. The monoisotopic (exact) mass is 606 g/mol. The number of halogens is 3. The minimum Gasteiger partial charge on any atom is -0.406 e. The van der Waals surface area contributed by atoms with Gasteiger partial charge in [-0.05, 0) is 54.3 Å². The van der Waals surface area contributed by atoms with Crippen LogP contribution in [0.4, 0.5) is 23.7 Å². The fraction of sp³-hybridized carbons (Fsp3) is 0.258. The van der Waals surface area contributed by atoms with Crippen LogP contribution in [0.25, 0.3) is 17.1 Å². The third kappa shape index (κ3) is 7.69. The van der Waals surface area contributed by atoms with Gasteiger partial charge in [0.25, 0.3) is 0 Å². The molecule has 1 saturated heterocycles. The highest BCUT2D eigenvalue weighted by Crippen LogP contribution is 2.32. The lowest BCUT2D eigenvalue weighted by Crippen LogP contribution is -2.25. The lowest BCUT2D eigenvalue weighted by molar-refractivity contribution is -0.274. The average Bonchev–Trinajstić information content (AvgIpc) is 3.63. The van der Waals surface area contributed by atoms with Gasteiger partial charge in [-0.3, -0.25) is 0 Å². The summed E-state index contributed by atoms with van der Waals surface area (Å²) in [7, 11) is 0. The summed E-state index contributed by atoms with van der Waals surface area (Å²) in [4.78, 5) is 27.7. The minimum atomic E-state index is -4.75. The molecule has 1 fully saturated rings. The average molecular weight is 607 g/mol. The Morgan fingerprint density at radius 2 is 1.77 bits per heavy atom. The Kier molecular flexibility index (Phi) is 8.95. The van der Waals surface area contributed by atoms with Crippen LogP contribution >= 0.6 is 11.8 Å². The molecule has 0 radical (unpaired) electrons. The second-order valence-corrected chi connectivity index (χ2v) is 11.2. The predicted molar refractivity (Wildman–Crippen MR) is 163 cm³/mol. The van der Waals surface area contributed by atoms with E-state index in [0.717, 1.165) is 29.1 Å². The standard InChI is InChI=1S/C31H29F3N6O2S/c1-20(2)26-6-4-5-7-27(26)39-16-17-43-30(39)37-29(41)36-21(3)18-22-8-10-23(11-9-22)28-35-19-40(38-28)24-12-14-25(15-13-24)42-31(32,33)34/h4-15,19-20H,16-18H2,1-3H3. The molecular weight excluding hydrogens is 577 g/mol. The second kappa shape index (κ2) is 12.8. The van der Waals surface area contributed by atoms with Crippen LogP contribution in [-0.2, 0) is 6.42 Å². The van der Waals surface area contributed by atoms with Crippen LogP contribution in [-0.4, -0.2) is 50.3 Å². The Hall–Kier alpha value is -4.45. The number of alkyl halides is 3. The molecule has 3 aromatic carbocycles. The third-order valence-corrected chi connectivity index (χ3v) is 7.56. The van der Waals surface area contributed by atoms with Gasteiger partial charge in [-0.25, -0.2) is 19.5 Å². The van der Waals surface area contributed by atoms with Crippen LogP contribution in [0.5, 0.6) is 5.75 Å². The van der Waals surface area contributed by atoms with E-state index in [0.29, 0.717) is 34.7 Å². The number of amidine groups is 1. The van der Waals surface area contributed by atoms with Crippen molar-refractivity contribution < 1.29 is 22.7 Å². The normalized spacial score (nSPS) is 15.0. The number of ether oxygens (including phenoxy) is 1. The summed E-state index contributed by atoms with van der Waals surface area (Å²) >= 11 is 1.55. The van der Waals surface area contributed by atoms with Crippen LogP contribution in [0.15, 0.2) is 89.1 Å². The topological polar surface area (TPSA) is 85.0 Å². The van der Waals surface area contributed by atoms with E-state index in [-0.39, 0.29) is 5.75 Å². The van der Waals surface area contributed by atoms with Gasteiger partial charge in [0.1, 0.15) is 12.1 Å². The number of anilines is 1. The summed E-state index contributed by atoms with van der Waals surface area (Å²) in [6, 6.07) is 20.6. The van der Waals surface area contributed by atoms with Crippen molar-refractivity contribution >= 4 is 34.4 Å². The number of aromatic nitrogens is 3. The van der Waals surface area contributed by atoms with Gasteiger partial charge in [0.05, 0.1) is 5.69 Å². The predicted octanol–water partition coefficient (Wildman–Crippen LogP) is 7.69. The van der Waals surface area contributed by atoms with Crippen molar-refractivity contribution in [2.75, 3.05) is 17.2 Å². The first kappa shape index (κ1) is 30.0. The van der Waals surface area contributed by atoms with Gasteiger partial charge in [-0.1, -0.05) is 68.1 Å². The van der Waals surface area contributed by atoms with E-state index in [2.05, 4.69) is 55.7 Å². The molecule has 0 unspecified atom stereocenters. The number of para-hydroxylation sites is 1. The molecule has 0 bridgehead atoms. The molecule has 8 nitrogen and oxygen atoms in total. The Balaban J connectivity index is 1.22. The van der Waals surface area contributed by atoms with Crippen molar-refractivity contribution in [1.82, 2.24) is 14.8 Å². The maximum Gasteiger partial charge on any atom is 0.573 e. The summed E-state index contributed by atoms with van der Waals surface area (Å²) < 4.78 is 42.6. The van der Waals surface area contributed by atoms with Gasteiger partial charge in [-0.2, -0.15) is 4.99 Å². The number of amides is 2. The zero-order valence-electron chi connectivity index (χ0n) is 23.7. The first-order chi connectivity index (χ1) is 20.6. The van der Waals surface area contributed by atoms with E-state index in [1.165, 1.54) is 40.8 Å². The molecule has 2 amide bonds. The molecule has 5 rings (SSSR count). The fourth-order valence-electron chi connectivity index (χ4n) is 4.64. The lowest BCUT2D eigenvalue weighted by atomic mass is 10.0. The van der Waals surface area contributed by atoms with Crippen LogP contribution in [0.3, 0.4) is 0 Å². The van der Waals surface area contributed by atoms with Crippen molar-refractivity contribution in [2.45, 2.75) is 39.5 Å². The molecule has 4 aromatic rings. The molecule has 222 valence electrons. The zero-order chi connectivity index (χ0) is 30.6. The highest BCUT2D eigenvalue weighted by Gasteiger charge is 2.31. The molecule has 0 saturated carbocycles. The zero-order valence-corrected chi connectivity index (χ0v) is 24.6. The number of hydrogen-bond acceptors (Lipinski definition) is 5. The number of carbonyl (C=O) groups is 1. The smallest absolute Gasteiger partial charge is 0.406 e. The number of carbonyl (C=O) groups excluding carboxylic acids is 1. The fourth-order valence-corrected chi connectivity index (χ4v) is 5.58. The Labute approximate surface area is 251 Å². The van der Waals surface area contributed by atoms with E-state index in [1.54, 1.807) is 18.7 Å². The quantitative estimate of drug-likeness (QED) is 0.201. The van der Waals surface area contributed by atoms with Crippen LogP contribution < -0.4 is 9.64 Å². The van der Waals surface area contributed by atoms with E-state index in [1.807, 2.05) is 36.4 Å². The first-order valence-electron chi connectivity index (χ1n) is 13.6. The molecule has 1 aliphatic rings. The Bertz CT molecular complexity index is 1650. The number of aliphatic imine (C=N–C) groups is 2. The second-order valence-electron chi connectivity index (χ2n) is 10.2. The highest BCUT2D eigenvalue weighted by atomic mass is 32.2. The highest BCUT2D eigenvalue weighted by molar-refractivity contribution is 8.14. The van der Waals surface area contributed by atoms with Gasteiger partial charge in [0.15, 0.2) is 11.0 Å². The molecular formula is C31H29F3N6O2S. The summed E-state index contributed by atoms with van der Waals surface area (Å²) in [5, 5.41) is 5.09. The number of rotatable bonds is 7. The molecule has 1 aromatic heterocycles. The molecule has 1 aliphatic heterocycles. The minimum absolute atomic E-state index is 0.313. The summed E-state index contributed by atoms with van der Waals surface area (Å²) in [5.74, 6) is 1.34. The number of benzene rings is 3. The van der Waals surface area contributed by atoms with Crippen molar-refractivity contribution in [3.63, 3.8) is 0 Å². The SMILES string of the molecule is CC(Cc1ccc(-c2ncn(-c3ccc(OC(F)(F)F)cc3)n2)cc1)=NC(=O)N=C1SCCN1c1ccccc1C(C)C. The number of urea groups is 1. The summed E-state index contributed by atoms with van der Waals surface area (Å²) in [6.45, 7) is 6.88. The van der Waals surface area contributed by atoms with E-state index in [4.69, 9.17) is 0 Å². The van der Waals surface area contributed by atoms with E-state index < -0.39 is 12.4 Å². The van der Waals surface area contributed by atoms with Gasteiger partial charge < -0.3 is 9.64 Å². The van der Waals surface area contributed by atoms with Crippen molar-refractivity contribution in [3.8, 4) is 22.8 Å². The largest absolute Gasteiger partial charge is 0.573 e. The number of nitrogens with zero attached hydrogens (tertiary/aromatic N) is 6. The van der Waals surface area contributed by atoms with Gasteiger partial charge in [-0.15, -0.1) is 18.3 Å². The van der Waals surface area contributed by atoms with Crippen molar-refractivity contribution in [2.24, 2.45) is 9.98 Å². The van der Waals surface area contributed by atoms with Gasteiger partial charge in [0, 0.05) is 35.7 Å². The first-order valence-corrected chi connectivity index (χ1v) is 14.6. The molecule has 0 N–H and O–H groups in total. The number of thioether (sulfide) groups is 1. The molecule has 12 heteroatoms. The maximum absolute atomic E-state index is 12.7. The Morgan fingerprint density at radius 3 is 2.47 bits per heavy atom. The lowest BCUT2D eigenvalue weighted by Gasteiger charge is -2.22. The van der Waals surface area contributed by atoms with Gasteiger partial charge in [0.2, 0.25) is 0 Å². The molecule has 0 atom stereocenters. The van der Waals surface area contributed by atoms with Crippen LogP contribution in [0.1, 0.15) is 37.8 Å². The van der Waals surface area contributed by atoms with Gasteiger partial charge >= 0.3 is 12.4 Å². The maximum atomic E-state index is 12.7. The van der Waals surface area contributed by atoms with Crippen molar-refractivity contribution in [3.05, 3.63) is 90.3 Å². The summed E-state index contributed by atoms with van der Waals surface area (Å²) in [6.07, 6.45) is -2.80. The molecule has 0 spiro atoms. The van der Waals surface area contributed by atoms with E-state index in [9.17, 15) is 18.0 Å².